The standard InChI is InChI=1S/C12H21N3O2/c1-3-4-14-10-5-11(7-13-6-10)15-8-12(2,17)9-16/h5-7,14-17H,3-4,8-9H2,1-2H3. The molecule has 5 nitrogen and oxygen atoms in total. The predicted octanol–water partition coefficient (Wildman–Crippen LogP) is 1.06. The fourth-order valence-electron chi connectivity index (χ4n) is 1.25. The highest BCUT2D eigenvalue weighted by atomic mass is 16.3. The Labute approximate surface area is 102 Å². The van der Waals surface area contributed by atoms with Crippen molar-refractivity contribution in [2.24, 2.45) is 0 Å². The minimum Gasteiger partial charge on any atom is -0.393 e. The van der Waals surface area contributed by atoms with Gasteiger partial charge in [-0.1, -0.05) is 6.92 Å². The summed E-state index contributed by atoms with van der Waals surface area (Å²) < 4.78 is 0. The van der Waals surface area contributed by atoms with Gasteiger partial charge in [0.05, 0.1) is 30.4 Å². The largest absolute Gasteiger partial charge is 0.393 e. The lowest BCUT2D eigenvalue weighted by atomic mass is 10.1. The van der Waals surface area contributed by atoms with Gasteiger partial charge in [-0.25, -0.2) is 0 Å². The molecular formula is C12H21N3O2. The van der Waals surface area contributed by atoms with Gasteiger partial charge in [0.1, 0.15) is 5.60 Å². The molecule has 0 aliphatic heterocycles. The zero-order chi connectivity index (χ0) is 12.7. The molecule has 0 aliphatic rings. The van der Waals surface area contributed by atoms with E-state index >= 15 is 0 Å². The highest BCUT2D eigenvalue weighted by Gasteiger charge is 2.18. The molecule has 0 bridgehead atoms. The van der Waals surface area contributed by atoms with E-state index in [0.29, 0.717) is 0 Å². The van der Waals surface area contributed by atoms with Crippen LogP contribution in [0, 0.1) is 0 Å². The van der Waals surface area contributed by atoms with Gasteiger partial charge in [0.25, 0.3) is 0 Å². The summed E-state index contributed by atoms with van der Waals surface area (Å²) in [5.74, 6) is 0. The average molecular weight is 239 g/mol. The molecule has 0 aliphatic carbocycles. The first-order chi connectivity index (χ1) is 8.07. The number of hydrogen-bond donors (Lipinski definition) is 4. The summed E-state index contributed by atoms with van der Waals surface area (Å²) >= 11 is 0. The molecule has 0 aromatic carbocycles. The van der Waals surface area contributed by atoms with Crippen LogP contribution in [0.5, 0.6) is 0 Å². The van der Waals surface area contributed by atoms with Crippen molar-refractivity contribution in [3.63, 3.8) is 0 Å². The maximum absolute atomic E-state index is 9.65. The molecule has 0 radical (unpaired) electrons. The van der Waals surface area contributed by atoms with E-state index in [4.69, 9.17) is 5.11 Å². The second-order valence-electron chi connectivity index (χ2n) is 4.40. The Hall–Kier alpha value is -1.33. The molecule has 1 atom stereocenters. The van der Waals surface area contributed by atoms with Gasteiger partial charge in [-0.15, -0.1) is 0 Å². The highest BCUT2D eigenvalue weighted by Crippen LogP contribution is 2.14. The fraction of sp³-hybridized carbons (Fsp3) is 0.583. The van der Waals surface area contributed by atoms with Crippen LogP contribution in [0.25, 0.3) is 0 Å². The van der Waals surface area contributed by atoms with Gasteiger partial charge in [0.15, 0.2) is 0 Å². The molecule has 5 heteroatoms. The van der Waals surface area contributed by atoms with Gasteiger partial charge in [0, 0.05) is 13.1 Å². The number of nitrogens with zero attached hydrogens (tertiary/aromatic N) is 1. The molecule has 0 saturated heterocycles. The van der Waals surface area contributed by atoms with E-state index in [1.165, 1.54) is 0 Å². The third-order valence-corrected chi connectivity index (χ3v) is 2.33. The minimum atomic E-state index is -1.12. The highest BCUT2D eigenvalue weighted by molar-refractivity contribution is 5.54. The first kappa shape index (κ1) is 13.7. The average Bonchev–Trinajstić information content (AvgIpc) is 2.35. The van der Waals surface area contributed by atoms with E-state index in [1.54, 1.807) is 19.3 Å². The Morgan fingerprint density at radius 2 is 1.94 bits per heavy atom. The van der Waals surface area contributed by atoms with Crippen LogP contribution in [-0.2, 0) is 0 Å². The Balaban J connectivity index is 2.53. The maximum atomic E-state index is 9.65. The lowest BCUT2D eigenvalue weighted by molar-refractivity contribution is 0.0132. The summed E-state index contributed by atoms with van der Waals surface area (Å²) in [4.78, 5) is 4.09. The number of aliphatic hydroxyl groups excluding tert-OH is 1. The van der Waals surface area contributed by atoms with Gasteiger partial charge >= 0.3 is 0 Å². The van der Waals surface area contributed by atoms with Gasteiger partial charge in [-0.05, 0) is 19.4 Å². The zero-order valence-electron chi connectivity index (χ0n) is 10.4. The van der Waals surface area contributed by atoms with Crippen molar-refractivity contribution in [3.05, 3.63) is 18.5 Å². The maximum Gasteiger partial charge on any atom is 0.102 e. The lowest BCUT2D eigenvalue weighted by Crippen LogP contribution is -2.37. The number of hydrogen-bond acceptors (Lipinski definition) is 5. The molecule has 1 rings (SSSR count). The number of aliphatic hydroxyl groups is 2. The van der Waals surface area contributed by atoms with Crippen molar-refractivity contribution in [2.45, 2.75) is 25.9 Å². The summed E-state index contributed by atoms with van der Waals surface area (Å²) in [5.41, 5.74) is 0.646. The summed E-state index contributed by atoms with van der Waals surface area (Å²) in [6.07, 6.45) is 4.49. The van der Waals surface area contributed by atoms with Crippen LogP contribution in [0.4, 0.5) is 11.4 Å². The topological polar surface area (TPSA) is 77.4 Å². The summed E-state index contributed by atoms with van der Waals surface area (Å²) in [6, 6.07) is 1.93. The second-order valence-corrected chi connectivity index (χ2v) is 4.40. The van der Waals surface area contributed by atoms with Crippen molar-refractivity contribution >= 4 is 11.4 Å². The molecule has 1 heterocycles. The van der Waals surface area contributed by atoms with Crippen molar-refractivity contribution in [1.82, 2.24) is 4.98 Å². The van der Waals surface area contributed by atoms with Crippen molar-refractivity contribution in [2.75, 3.05) is 30.3 Å². The van der Waals surface area contributed by atoms with E-state index in [-0.39, 0.29) is 13.2 Å². The van der Waals surface area contributed by atoms with E-state index < -0.39 is 5.60 Å². The van der Waals surface area contributed by atoms with Crippen molar-refractivity contribution in [1.29, 1.82) is 0 Å². The molecule has 0 fully saturated rings. The number of rotatable bonds is 7. The third kappa shape index (κ3) is 5.01. The molecule has 0 spiro atoms. The third-order valence-electron chi connectivity index (χ3n) is 2.33. The predicted molar refractivity (Wildman–Crippen MR) is 69.2 cm³/mol. The molecule has 1 aromatic heterocycles. The molecule has 17 heavy (non-hydrogen) atoms. The first-order valence-electron chi connectivity index (χ1n) is 5.83. The number of pyridine rings is 1. The molecule has 0 amide bonds. The van der Waals surface area contributed by atoms with Crippen LogP contribution in [-0.4, -0.2) is 40.5 Å². The van der Waals surface area contributed by atoms with Gasteiger partial charge in [-0.3, -0.25) is 4.98 Å². The van der Waals surface area contributed by atoms with E-state index in [0.717, 1.165) is 24.3 Å². The van der Waals surface area contributed by atoms with Crippen LogP contribution in [0.3, 0.4) is 0 Å². The summed E-state index contributed by atoms with van der Waals surface area (Å²) in [5, 5.41) is 24.8. The van der Waals surface area contributed by atoms with E-state index in [2.05, 4.69) is 22.5 Å². The number of anilines is 2. The monoisotopic (exact) mass is 239 g/mol. The van der Waals surface area contributed by atoms with Crippen LogP contribution < -0.4 is 10.6 Å². The second kappa shape index (κ2) is 6.42. The van der Waals surface area contributed by atoms with Crippen molar-refractivity contribution < 1.29 is 10.2 Å². The Kier molecular flexibility index (Phi) is 5.18. The molecule has 4 N–H and O–H groups in total. The van der Waals surface area contributed by atoms with Gasteiger partial charge < -0.3 is 20.8 Å². The molecule has 96 valence electrons. The van der Waals surface area contributed by atoms with Crippen LogP contribution in [0.15, 0.2) is 18.5 Å². The SMILES string of the molecule is CCCNc1cncc(NCC(C)(O)CO)c1. The smallest absolute Gasteiger partial charge is 0.102 e. The Bertz CT molecular complexity index is 342. The molecule has 1 unspecified atom stereocenters. The van der Waals surface area contributed by atoms with Crippen LogP contribution in [0.1, 0.15) is 20.3 Å². The lowest BCUT2D eigenvalue weighted by Gasteiger charge is -2.21. The van der Waals surface area contributed by atoms with E-state index in [9.17, 15) is 5.11 Å². The molecular weight excluding hydrogens is 218 g/mol. The Morgan fingerprint density at radius 1 is 1.29 bits per heavy atom. The zero-order valence-corrected chi connectivity index (χ0v) is 10.4. The van der Waals surface area contributed by atoms with E-state index in [1.807, 2.05) is 6.07 Å². The first-order valence-corrected chi connectivity index (χ1v) is 5.83. The fourth-order valence-corrected chi connectivity index (χ4v) is 1.25. The Morgan fingerprint density at radius 3 is 2.53 bits per heavy atom. The van der Waals surface area contributed by atoms with Crippen molar-refractivity contribution in [3.8, 4) is 0 Å². The molecule has 0 saturated carbocycles. The number of nitrogens with one attached hydrogen (secondary N) is 2. The quantitative estimate of drug-likeness (QED) is 0.572. The normalized spacial score (nSPS) is 14.1. The van der Waals surface area contributed by atoms with Crippen LogP contribution >= 0.6 is 0 Å². The van der Waals surface area contributed by atoms with Crippen LogP contribution in [0.2, 0.25) is 0 Å². The molecule has 1 aromatic rings. The number of aromatic nitrogens is 1. The summed E-state index contributed by atoms with van der Waals surface area (Å²) in [6.45, 7) is 4.58. The van der Waals surface area contributed by atoms with Gasteiger partial charge in [-0.2, -0.15) is 0 Å². The summed E-state index contributed by atoms with van der Waals surface area (Å²) in [7, 11) is 0. The minimum absolute atomic E-state index is 0.277. The van der Waals surface area contributed by atoms with Gasteiger partial charge in [0.2, 0.25) is 0 Å².